The van der Waals surface area contributed by atoms with Crippen LogP contribution in [0.1, 0.15) is 11.1 Å². The van der Waals surface area contributed by atoms with Gasteiger partial charge in [0.2, 0.25) is 0 Å². The molecule has 0 spiro atoms. The first kappa shape index (κ1) is 16.6. The Morgan fingerprint density at radius 2 is 1.87 bits per heavy atom. The normalized spacial score (nSPS) is 9.78. The molecule has 4 nitrogen and oxygen atoms in total. The number of rotatable bonds is 3. The molecular weight excluding hydrogens is 310 g/mol. The SMILES string of the molecule is COc1cccc2c(Nc3ccc(C)cc3)c(C#N)cnc12.Cl. The average Bonchev–Trinajstić information content (AvgIpc) is 2.56. The molecule has 0 aliphatic rings. The predicted molar refractivity (Wildman–Crippen MR) is 94.7 cm³/mol. The second-order valence-corrected chi connectivity index (χ2v) is 5.01. The van der Waals surface area contributed by atoms with Crippen LogP contribution in [0.3, 0.4) is 0 Å². The van der Waals surface area contributed by atoms with E-state index >= 15 is 0 Å². The van der Waals surface area contributed by atoms with Gasteiger partial charge in [-0.1, -0.05) is 29.8 Å². The average molecular weight is 326 g/mol. The Morgan fingerprint density at radius 1 is 1.13 bits per heavy atom. The van der Waals surface area contributed by atoms with E-state index in [4.69, 9.17) is 4.74 Å². The molecule has 3 rings (SSSR count). The van der Waals surface area contributed by atoms with Crippen LogP contribution in [0.5, 0.6) is 5.75 Å². The third kappa shape index (κ3) is 3.20. The van der Waals surface area contributed by atoms with Crippen molar-refractivity contribution in [3.63, 3.8) is 0 Å². The molecule has 0 saturated carbocycles. The van der Waals surface area contributed by atoms with E-state index in [0.717, 1.165) is 22.3 Å². The number of hydrogen-bond donors (Lipinski definition) is 1. The summed E-state index contributed by atoms with van der Waals surface area (Å²) in [6.07, 6.45) is 1.57. The standard InChI is InChI=1S/C18H15N3O.ClH/c1-12-6-8-14(9-7-12)21-17-13(10-19)11-20-18-15(17)4-3-5-16(18)22-2;/h3-9,11H,1-2H3,(H,20,21);1H. The summed E-state index contributed by atoms with van der Waals surface area (Å²) < 4.78 is 5.35. The first-order valence-corrected chi connectivity index (χ1v) is 6.92. The number of aryl methyl sites for hydroxylation is 1. The number of ether oxygens (including phenoxy) is 1. The molecule has 0 amide bonds. The quantitative estimate of drug-likeness (QED) is 0.765. The van der Waals surface area contributed by atoms with Crippen molar-refractivity contribution in [2.45, 2.75) is 6.92 Å². The minimum atomic E-state index is 0. The minimum absolute atomic E-state index is 0. The number of halogens is 1. The van der Waals surface area contributed by atoms with E-state index in [0.29, 0.717) is 11.3 Å². The lowest BCUT2D eigenvalue weighted by molar-refractivity contribution is 0.419. The Bertz CT molecular complexity index is 870. The van der Waals surface area contributed by atoms with E-state index in [1.165, 1.54) is 5.56 Å². The van der Waals surface area contributed by atoms with Crippen molar-refractivity contribution in [2.24, 2.45) is 0 Å². The first-order chi connectivity index (χ1) is 10.7. The number of aromatic nitrogens is 1. The second kappa shape index (κ2) is 6.99. The zero-order chi connectivity index (χ0) is 15.5. The summed E-state index contributed by atoms with van der Waals surface area (Å²) in [4.78, 5) is 4.35. The van der Waals surface area contributed by atoms with Gasteiger partial charge in [0.05, 0.1) is 18.4 Å². The summed E-state index contributed by atoms with van der Waals surface area (Å²) in [5, 5.41) is 13.6. The first-order valence-electron chi connectivity index (χ1n) is 6.92. The monoisotopic (exact) mass is 325 g/mol. The van der Waals surface area contributed by atoms with Gasteiger partial charge in [0.1, 0.15) is 17.3 Å². The highest BCUT2D eigenvalue weighted by molar-refractivity contribution is 5.98. The van der Waals surface area contributed by atoms with Crippen molar-refractivity contribution in [1.29, 1.82) is 5.26 Å². The summed E-state index contributed by atoms with van der Waals surface area (Å²) >= 11 is 0. The molecule has 0 saturated heterocycles. The number of pyridine rings is 1. The number of anilines is 2. The Balaban J connectivity index is 0.00000192. The number of nitrogens with one attached hydrogen (secondary N) is 1. The van der Waals surface area contributed by atoms with Crippen molar-refractivity contribution >= 4 is 34.7 Å². The van der Waals surface area contributed by atoms with E-state index in [-0.39, 0.29) is 12.4 Å². The number of para-hydroxylation sites is 1. The summed E-state index contributed by atoms with van der Waals surface area (Å²) in [5.41, 5.74) is 4.10. The Labute approximate surface area is 141 Å². The van der Waals surface area contributed by atoms with Crippen LogP contribution in [0.4, 0.5) is 11.4 Å². The molecule has 0 radical (unpaired) electrons. The Hall–Kier alpha value is -2.77. The van der Waals surface area contributed by atoms with Crippen molar-refractivity contribution < 1.29 is 4.74 Å². The van der Waals surface area contributed by atoms with E-state index in [2.05, 4.69) is 16.4 Å². The van der Waals surface area contributed by atoms with Crippen molar-refractivity contribution in [3.05, 3.63) is 59.8 Å². The van der Waals surface area contributed by atoms with Crippen molar-refractivity contribution in [1.82, 2.24) is 4.98 Å². The summed E-state index contributed by atoms with van der Waals surface area (Å²) in [6, 6.07) is 15.9. The number of fused-ring (bicyclic) bond motifs is 1. The third-order valence-corrected chi connectivity index (χ3v) is 3.52. The summed E-state index contributed by atoms with van der Waals surface area (Å²) in [5.74, 6) is 0.689. The third-order valence-electron chi connectivity index (χ3n) is 3.52. The number of methoxy groups -OCH3 is 1. The molecule has 1 heterocycles. The van der Waals surface area contributed by atoms with Gasteiger partial charge < -0.3 is 10.1 Å². The molecule has 1 N–H and O–H groups in total. The van der Waals surface area contributed by atoms with Crippen LogP contribution in [0.15, 0.2) is 48.7 Å². The Kier molecular flexibility index (Phi) is 5.05. The van der Waals surface area contributed by atoms with E-state index in [1.807, 2.05) is 49.4 Å². The van der Waals surface area contributed by atoms with Gasteiger partial charge in [-0.2, -0.15) is 5.26 Å². The van der Waals surface area contributed by atoms with Crippen LogP contribution >= 0.6 is 12.4 Å². The Morgan fingerprint density at radius 3 is 2.52 bits per heavy atom. The molecule has 0 fully saturated rings. The van der Waals surface area contributed by atoms with Crippen LogP contribution < -0.4 is 10.1 Å². The van der Waals surface area contributed by atoms with Gasteiger partial charge in [-0.3, -0.25) is 4.98 Å². The predicted octanol–water partition coefficient (Wildman–Crippen LogP) is 4.59. The molecule has 2 aromatic carbocycles. The minimum Gasteiger partial charge on any atom is -0.494 e. The smallest absolute Gasteiger partial charge is 0.145 e. The highest BCUT2D eigenvalue weighted by atomic mass is 35.5. The summed E-state index contributed by atoms with van der Waals surface area (Å²) in [6.45, 7) is 2.04. The highest BCUT2D eigenvalue weighted by Gasteiger charge is 2.12. The maximum absolute atomic E-state index is 9.37. The second-order valence-electron chi connectivity index (χ2n) is 5.01. The fourth-order valence-electron chi connectivity index (χ4n) is 2.36. The van der Waals surface area contributed by atoms with E-state index in [9.17, 15) is 5.26 Å². The molecule has 0 aliphatic carbocycles. The number of nitriles is 1. The van der Waals surface area contributed by atoms with Gasteiger partial charge in [0.15, 0.2) is 0 Å². The highest BCUT2D eigenvalue weighted by Crippen LogP contribution is 2.33. The van der Waals surface area contributed by atoms with Crippen LogP contribution in [0.25, 0.3) is 10.9 Å². The zero-order valence-corrected chi connectivity index (χ0v) is 13.6. The molecule has 23 heavy (non-hydrogen) atoms. The number of benzene rings is 2. The fourth-order valence-corrected chi connectivity index (χ4v) is 2.36. The van der Waals surface area contributed by atoms with Gasteiger partial charge in [0.25, 0.3) is 0 Å². The molecule has 0 unspecified atom stereocenters. The van der Waals surface area contributed by atoms with Gasteiger partial charge in [-0.25, -0.2) is 0 Å². The number of nitrogens with zero attached hydrogens (tertiary/aromatic N) is 2. The molecule has 116 valence electrons. The van der Waals surface area contributed by atoms with Gasteiger partial charge in [-0.05, 0) is 25.1 Å². The lowest BCUT2D eigenvalue weighted by Crippen LogP contribution is -1.98. The molecule has 5 heteroatoms. The largest absolute Gasteiger partial charge is 0.494 e. The molecule has 0 bridgehead atoms. The lowest BCUT2D eigenvalue weighted by Gasteiger charge is -2.13. The maximum atomic E-state index is 9.37. The summed E-state index contributed by atoms with van der Waals surface area (Å²) in [7, 11) is 1.61. The van der Waals surface area contributed by atoms with Crippen LogP contribution in [-0.2, 0) is 0 Å². The van der Waals surface area contributed by atoms with Crippen LogP contribution in [0.2, 0.25) is 0 Å². The van der Waals surface area contributed by atoms with Crippen molar-refractivity contribution in [3.8, 4) is 11.8 Å². The molecule has 1 aromatic heterocycles. The van der Waals surface area contributed by atoms with E-state index in [1.54, 1.807) is 13.3 Å². The fraction of sp³-hybridized carbons (Fsp3) is 0.111. The van der Waals surface area contributed by atoms with E-state index < -0.39 is 0 Å². The van der Waals surface area contributed by atoms with Crippen LogP contribution in [0, 0.1) is 18.3 Å². The molecular formula is C18H16ClN3O. The molecule has 0 aliphatic heterocycles. The molecule has 0 atom stereocenters. The van der Waals surface area contributed by atoms with Gasteiger partial charge in [-0.15, -0.1) is 12.4 Å². The maximum Gasteiger partial charge on any atom is 0.145 e. The van der Waals surface area contributed by atoms with Gasteiger partial charge in [0, 0.05) is 17.3 Å². The topological polar surface area (TPSA) is 57.9 Å². The molecule has 3 aromatic rings. The van der Waals surface area contributed by atoms with Gasteiger partial charge >= 0.3 is 0 Å². The zero-order valence-electron chi connectivity index (χ0n) is 12.8. The number of hydrogen-bond acceptors (Lipinski definition) is 4. The van der Waals surface area contributed by atoms with Crippen LogP contribution in [-0.4, -0.2) is 12.1 Å². The van der Waals surface area contributed by atoms with Crippen molar-refractivity contribution in [2.75, 3.05) is 12.4 Å². The lowest BCUT2D eigenvalue weighted by atomic mass is 10.1.